The molecule has 3 nitrogen and oxygen atoms in total. The lowest BCUT2D eigenvalue weighted by Gasteiger charge is -2.32. The largest absolute Gasteiger partial charge is 0.354 e. The molecule has 1 aromatic heterocycles. The molecular formula is C14H25N3. The Hall–Kier alpha value is -0.800. The summed E-state index contributed by atoms with van der Waals surface area (Å²) < 4.78 is 2.23. The molecule has 0 amide bonds. The molecule has 1 unspecified atom stereocenters. The Morgan fingerprint density at radius 2 is 2.24 bits per heavy atom. The lowest BCUT2D eigenvalue weighted by molar-refractivity contribution is 0.198. The minimum absolute atomic E-state index is 0.675. The van der Waals surface area contributed by atoms with Crippen LogP contribution in [0.3, 0.4) is 0 Å². The molecule has 0 aliphatic carbocycles. The molecule has 1 aromatic rings. The third-order valence-corrected chi connectivity index (χ3v) is 3.72. The van der Waals surface area contributed by atoms with Crippen LogP contribution in [-0.2, 0) is 13.1 Å². The first kappa shape index (κ1) is 12.7. The second-order valence-electron chi connectivity index (χ2n) is 4.96. The molecule has 1 saturated heterocycles. The number of likely N-dealkylation sites (tertiary alicyclic amines) is 1. The van der Waals surface area contributed by atoms with E-state index in [1.54, 1.807) is 0 Å². The van der Waals surface area contributed by atoms with Crippen molar-refractivity contribution in [2.45, 2.75) is 45.8 Å². The molecule has 96 valence electrons. The van der Waals surface area contributed by atoms with Gasteiger partial charge in [-0.2, -0.15) is 0 Å². The average Bonchev–Trinajstić information content (AvgIpc) is 2.84. The van der Waals surface area contributed by atoms with Gasteiger partial charge in [0.15, 0.2) is 0 Å². The van der Waals surface area contributed by atoms with Crippen molar-refractivity contribution in [2.24, 2.45) is 0 Å². The van der Waals surface area contributed by atoms with Gasteiger partial charge in [0, 0.05) is 38.1 Å². The van der Waals surface area contributed by atoms with Crippen molar-refractivity contribution in [1.29, 1.82) is 0 Å². The summed E-state index contributed by atoms with van der Waals surface area (Å²) in [7, 11) is 0. The minimum Gasteiger partial charge on any atom is -0.354 e. The van der Waals surface area contributed by atoms with Crippen LogP contribution in [0.5, 0.6) is 0 Å². The number of aryl methyl sites for hydroxylation is 1. The van der Waals surface area contributed by atoms with Crippen LogP contribution < -0.4 is 5.32 Å². The number of likely N-dealkylation sites (N-methyl/N-ethyl adjacent to an activating group) is 1. The van der Waals surface area contributed by atoms with Gasteiger partial charge in [0.05, 0.1) is 0 Å². The van der Waals surface area contributed by atoms with E-state index < -0.39 is 0 Å². The topological polar surface area (TPSA) is 20.2 Å². The Labute approximate surface area is 105 Å². The average molecular weight is 235 g/mol. The maximum Gasteiger partial charge on any atom is 0.0223 e. The van der Waals surface area contributed by atoms with Gasteiger partial charge >= 0.3 is 0 Å². The van der Waals surface area contributed by atoms with Crippen molar-refractivity contribution in [2.75, 3.05) is 19.6 Å². The summed E-state index contributed by atoms with van der Waals surface area (Å²) in [4.78, 5) is 2.54. The fourth-order valence-corrected chi connectivity index (χ4v) is 2.56. The first-order valence-corrected chi connectivity index (χ1v) is 6.92. The molecule has 1 fully saturated rings. The minimum atomic E-state index is 0.675. The molecule has 1 N–H and O–H groups in total. The van der Waals surface area contributed by atoms with E-state index in [2.05, 4.69) is 47.1 Å². The lowest BCUT2D eigenvalue weighted by Crippen LogP contribution is -2.45. The van der Waals surface area contributed by atoms with Gasteiger partial charge < -0.3 is 14.8 Å². The van der Waals surface area contributed by atoms with Crippen molar-refractivity contribution >= 4 is 0 Å². The van der Waals surface area contributed by atoms with Crippen LogP contribution >= 0.6 is 0 Å². The summed E-state index contributed by atoms with van der Waals surface area (Å²) in [5.41, 5.74) is 1.40. The number of piperidine rings is 1. The second kappa shape index (κ2) is 6.22. The molecule has 0 radical (unpaired) electrons. The van der Waals surface area contributed by atoms with Crippen LogP contribution in [0, 0.1) is 0 Å². The Bertz CT molecular complexity index is 332. The van der Waals surface area contributed by atoms with E-state index in [0.717, 1.165) is 13.1 Å². The van der Waals surface area contributed by atoms with Gasteiger partial charge in [0.2, 0.25) is 0 Å². The number of rotatable bonds is 5. The SMILES string of the molecule is CCN1CCCC(NCc2ccn(CC)c2)C1. The number of nitrogens with one attached hydrogen (secondary N) is 1. The summed E-state index contributed by atoms with van der Waals surface area (Å²) in [6, 6.07) is 2.89. The van der Waals surface area contributed by atoms with Crippen LogP contribution in [0.2, 0.25) is 0 Å². The van der Waals surface area contributed by atoms with E-state index in [4.69, 9.17) is 0 Å². The standard InChI is InChI=1S/C14H25N3/c1-3-16-8-5-6-14(12-16)15-10-13-7-9-17(4-2)11-13/h7,9,11,14-15H,3-6,8,10,12H2,1-2H3. The predicted octanol–water partition coefficient (Wildman–Crippen LogP) is 2.08. The van der Waals surface area contributed by atoms with Crippen LogP contribution in [0.1, 0.15) is 32.3 Å². The quantitative estimate of drug-likeness (QED) is 0.843. The van der Waals surface area contributed by atoms with E-state index in [1.807, 2.05) is 0 Å². The molecule has 2 heterocycles. The van der Waals surface area contributed by atoms with E-state index in [0.29, 0.717) is 6.04 Å². The maximum atomic E-state index is 3.68. The highest BCUT2D eigenvalue weighted by Gasteiger charge is 2.17. The third-order valence-electron chi connectivity index (χ3n) is 3.72. The van der Waals surface area contributed by atoms with Crippen molar-refractivity contribution in [3.63, 3.8) is 0 Å². The van der Waals surface area contributed by atoms with Crippen molar-refractivity contribution < 1.29 is 0 Å². The fraction of sp³-hybridized carbons (Fsp3) is 0.714. The molecule has 0 spiro atoms. The predicted molar refractivity (Wildman–Crippen MR) is 72.1 cm³/mol. The zero-order valence-corrected chi connectivity index (χ0v) is 11.2. The van der Waals surface area contributed by atoms with Crippen molar-refractivity contribution in [3.05, 3.63) is 24.0 Å². The summed E-state index contributed by atoms with van der Waals surface area (Å²) in [6.07, 6.45) is 7.07. The third kappa shape index (κ3) is 3.58. The molecule has 0 bridgehead atoms. The number of nitrogens with zero attached hydrogens (tertiary/aromatic N) is 2. The van der Waals surface area contributed by atoms with Gasteiger partial charge in [-0.15, -0.1) is 0 Å². The van der Waals surface area contributed by atoms with E-state index in [9.17, 15) is 0 Å². The highest BCUT2D eigenvalue weighted by Crippen LogP contribution is 2.10. The molecule has 0 aromatic carbocycles. The maximum absolute atomic E-state index is 3.68. The van der Waals surface area contributed by atoms with Crippen LogP contribution in [0.4, 0.5) is 0 Å². The summed E-state index contributed by atoms with van der Waals surface area (Å²) in [6.45, 7) is 10.2. The highest BCUT2D eigenvalue weighted by atomic mass is 15.2. The second-order valence-corrected chi connectivity index (χ2v) is 4.96. The summed E-state index contributed by atoms with van der Waals surface area (Å²) in [5.74, 6) is 0. The first-order valence-electron chi connectivity index (χ1n) is 6.92. The molecule has 1 aliphatic heterocycles. The molecule has 1 aliphatic rings. The van der Waals surface area contributed by atoms with Crippen LogP contribution in [0.15, 0.2) is 18.5 Å². The summed E-state index contributed by atoms with van der Waals surface area (Å²) in [5, 5.41) is 3.68. The molecule has 1 atom stereocenters. The van der Waals surface area contributed by atoms with Gasteiger partial charge in [-0.25, -0.2) is 0 Å². The van der Waals surface area contributed by atoms with E-state index >= 15 is 0 Å². The lowest BCUT2D eigenvalue weighted by atomic mass is 10.1. The molecule has 3 heteroatoms. The van der Waals surface area contributed by atoms with Gasteiger partial charge in [-0.1, -0.05) is 6.92 Å². The highest BCUT2D eigenvalue weighted by molar-refractivity contribution is 5.10. The Morgan fingerprint density at radius 1 is 1.35 bits per heavy atom. The normalized spacial score (nSPS) is 21.9. The summed E-state index contributed by atoms with van der Waals surface area (Å²) >= 11 is 0. The van der Waals surface area contributed by atoms with Crippen molar-refractivity contribution in [3.8, 4) is 0 Å². The van der Waals surface area contributed by atoms with E-state index in [1.165, 1.54) is 38.0 Å². The van der Waals surface area contributed by atoms with Crippen molar-refractivity contribution in [1.82, 2.24) is 14.8 Å². The fourth-order valence-electron chi connectivity index (χ4n) is 2.56. The van der Waals surface area contributed by atoms with Gasteiger partial charge in [-0.05, 0) is 44.5 Å². The zero-order chi connectivity index (χ0) is 12.1. The number of aromatic nitrogens is 1. The molecular weight excluding hydrogens is 210 g/mol. The Morgan fingerprint density at radius 3 is 2.94 bits per heavy atom. The zero-order valence-electron chi connectivity index (χ0n) is 11.2. The number of hydrogen-bond acceptors (Lipinski definition) is 2. The monoisotopic (exact) mass is 235 g/mol. The smallest absolute Gasteiger partial charge is 0.0223 e. The van der Waals surface area contributed by atoms with Gasteiger partial charge in [0.1, 0.15) is 0 Å². The van der Waals surface area contributed by atoms with Crippen LogP contribution in [-0.4, -0.2) is 35.1 Å². The van der Waals surface area contributed by atoms with Gasteiger partial charge in [-0.3, -0.25) is 0 Å². The first-order chi connectivity index (χ1) is 8.31. The molecule has 0 saturated carbocycles. The Kier molecular flexibility index (Phi) is 4.63. The van der Waals surface area contributed by atoms with E-state index in [-0.39, 0.29) is 0 Å². The molecule has 17 heavy (non-hydrogen) atoms. The number of hydrogen-bond donors (Lipinski definition) is 1. The Balaban J connectivity index is 1.77. The van der Waals surface area contributed by atoms with Crippen LogP contribution in [0.25, 0.3) is 0 Å². The molecule has 2 rings (SSSR count). The van der Waals surface area contributed by atoms with Gasteiger partial charge in [0.25, 0.3) is 0 Å².